The number of carbonyl (C=O) groups is 3. The van der Waals surface area contributed by atoms with Gasteiger partial charge in [-0.05, 0) is 24.2 Å². The maximum Gasteiger partial charge on any atom is 0.409 e. The number of unbranched alkanes of at least 4 members (excludes halogenated alkanes) is 1. The Kier molecular flexibility index (Phi) is 8.72. The Labute approximate surface area is 241 Å². The van der Waals surface area contributed by atoms with Crippen molar-refractivity contribution in [3.05, 3.63) is 42.1 Å². The highest BCUT2D eigenvalue weighted by atomic mass is 16.6. The van der Waals surface area contributed by atoms with Crippen molar-refractivity contribution >= 4 is 23.7 Å². The molecule has 1 saturated carbocycles. The summed E-state index contributed by atoms with van der Waals surface area (Å²) in [6.07, 6.45) is 1.44. The van der Waals surface area contributed by atoms with Gasteiger partial charge in [-0.25, -0.2) is 14.8 Å². The molecule has 2 unspecified atom stereocenters. The quantitative estimate of drug-likeness (QED) is 0.444. The molecule has 2 saturated heterocycles. The largest absolute Gasteiger partial charge is 0.449 e. The molecule has 3 heterocycles. The average Bonchev–Trinajstić information content (AvgIpc) is 3.37. The average molecular weight is 564 g/mol. The van der Waals surface area contributed by atoms with E-state index in [-0.39, 0.29) is 29.7 Å². The molecule has 1 aromatic heterocycles. The van der Waals surface area contributed by atoms with Crippen LogP contribution in [0.4, 0.5) is 10.6 Å². The Hall–Kier alpha value is -3.73. The summed E-state index contributed by atoms with van der Waals surface area (Å²) in [6.45, 7) is 9.44. The molecule has 11 heteroatoms. The van der Waals surface area contributed by atoms with Crippen molar-refractivity contribution in [2.75, 3.05) is 50.8 Å². The molecule has 3 amide bonds. The number of nitrogens with two attached hydrogens (primary N) is 1. The molecule has 3 aliphatic rings. The van der Waals surface area contributed by atoms with E-state index >= 15 is 0 Å². The van der Waals surface area contributed by atoms with Crippen molar-refractivity contribution in [1.82, 2.24) is 25.1 Å². The number of ether oxygens (including phenoxy) is 1. The van der Waals surface area contributed by atoms with Gasteiger partial charge in [0.1, 0.15) is 17.6 Å². The summed E-state index contributed by atoms with van der Waals surface area (Å²) >= 11 is 0. The minimum atomic E-state index is -0.735. The van der Waals surface area contributed by atoms with Crippen molar-refractivity contribution in [2.24, 2.45) is 23.5 Å². The number of fused-ring (bicyclic) bond motifs is 1. The molecule has 2 aromatic rings. The number of hydrogen-bond acceptors (Lipinski definition) is 8. The van der Waals surface area contributed by atoms with Gasteiger partial charge in [0.2, 0.25) is 5.91 Å². The van der Waals surface area contributed by atoms with E-state index in [0.29, 0.717) is 56.3 Å². The molecular weight excluding hydrogens is 522 g/mol. The van der Waals surface area contributed by atoms with Crippen molar-refractivity contribution in [2.45, 2.75) is 45.7 Å². The topological polar surface area (TPSA) is 134 Å². The number of nitrogens with zero attached hydrogens (tertiary/aromatic N) is 5. The molecule has 3 N–H and O–H groups in total. The predicted molar refractivity (Wildman–Crippen MR) is 155 cm³/mol. The van der Waals surface area contributed by atoms with E-state index in [1.165, 1.54) is 0 Å². The second-order valence-corrected chi connectivity index (χ2v) is 11.6. The normalized spacial score (nSPS) is 22.4. The lowest BCUT2D eigenvalue weighted by molar-refractivity contribution is -0.135. The molecule has 41 heavy (non-hydrogen) atoms. The molecule has 3 fully saturated rings. The zero-order valence-corrected chi connectivity index (χ0v) is 24.2. The molecule has 0 radical (unpaired) electrons. The summed E-state index contributed by atoms with van der Waals surface area (Å²) in [6, 6.07) is 10.8. The third kappa shape index (κ3) is 6.45. The van der Waals surface area contributed by atoms with Crippen molar-refractivity contribution in [3.8, 4) is 11.4 Å². The first-order valence-corrected chi connectivity index (χ1v) is 14.7. The fourth-order valence-electron chi connectivity index (χ4n) is 5.62. The number of hydrogen-bond donors (Lipinski definition) is 2. The maximum atomic E-state index is 13.6. The van der Waals surface area contributed by atoms with Crippen LogP contribution in [0.1, 0.15) is 44.1 Å². The summed E-state index contributed by atoms with van der Waals surface area (Å²) in [5.41, 5.74) is 7.18. The smallest absolute Gasteiger partial charge is 0.409 e. The molecular formula is C30H41N7O4. The fraction of sp³-hybridized carbons (Fsp3) is 0.567. The van der Waals surface area contributed by atoms with E-state index < -0.39 is 11.9 Å². The summed E-state index contributed by atoms with van der Waals surface area (Å²) in [4.78, 5) is 54.4. The predicted octanol–water partition coefficient (Wildman–Crippen LogP) is 2.37. The molecule has 0 spiro atoms. The van der Waals surface area contributed by atoms with Crippen molar-refractivity contribution < 1.29 is 19.1 Å². The van der Waals surface area contributed by atoms with Crippen LogP contribution >= 0.6 is 0 Å². The van der Waals surface area contributed by atoms with E-state index in [4.69, 9.17) is 15.5 Å². The number of amides is 3. The van der Waals surface area contributed by atoms with E-state index in [9.17, 15) is 14.4 Å². The van der Waals surface area contributed by atoms with Crippen LogP contribution in [0, 0.1) is 17.8 Å². The van der Waals surface area contributed by atoms with Gasteiger partial charge < -0.3 is 30.5 Å². The lowest BCUT2D eigenvalue weighted by atomic mass is 10.0. The van der Waals surface area contributed by atoms with Gasteiger partial charge in [0, 0.05) is 56.9 Å². The number of aromatic nitrogens is 2. The Morgan fingerprint density at radius 2 is 1.68 bits per heavy atom. The van der Waals surface area contributed by atoms with Crippen LogP contribution in [0.5, 0.6) is 0 Å². The highest BCUT2D eigenvalue weighted by molar-refractivity contribution is 5.97. The first-order chi connectivity index (χ1) is 19.8. The molecule has 3 atom stereocenters. The number of carbonyl (C=O) groups excluding carboxylic acids is 3. The van der Waals surface area contributed by atoms with Crippen LogP contribution in [0.25, 0.3) is 11.4 Å². The molecule has 0 bridgehead atoms. The maximum absolute atomic E-state index is 13.6. The number of nitrogens with one attached hydrogen (secondary N) is 1. The van der Waals surface area contributed by atoms with Gasteiger partial charge >= 0.3 is 6.09 Å². The van der Waals surface area contributed by atoms with Gasteiger partial charge in [-0.15, -0.1) is 0 Å². The SMILES string of the molecule is CCCCOC(=O)N1CCN(C(=O)[C@@H](NC(=O)c2cc(N3CC4C(N)C4C3)nc(-c3ccccc3)n2)C(C)C)CC1. The Balaban J connectivity index is 1.28. The number of piperazine rings is 1. The van der Waals surface area contributed by atoms with Gasteiger partial charge in [0.15, 0.2) is 5.82 Å². The van der Waals surface area contributed by atoms with Gasteiger partial charge in [-0.1, -0.05) is 57.5 Å². The second kappa shape index (κ2) is 12.4. The molecule has 2 aliphatic heterocycles. The summed E-state index contributed by atoms with van der Waals surface area (Å²) < 4.78 is 5.31. The lowest BCUT2D eigenvalue weighted by Gasteiger charge is -2.36. The molecule has 5 rings (SSSR count). The Morgan fingerprint density at radius 3 is 2.32 bits per heavy atom. The van der Waals surface area contributed by atoms with E-state index in [1.54, 1.807) is 15.9 Å². The number of rotatable bonds is 9. The van der Waals surface area contributed by atoms with E-state index in [1.807, 2.05) is 51.1 Å². The minimum Gasteiger partial charge on any atom is -0.449 e. The van der Waals surface area contributed by atoms with Crippen molar-refractivity contribution in [1.29, 1.82) is 0 Å². The monoisotopic (exact) mass is 563 g/mol. The standard InChI is InChI=1S/C30H41N7O4/c1-4-5-15-41-30(40)36-13-11-35(12-14-36)29(39)26(19(2)3)34-28(38)23-16-24(37-17-21-22(18-37)25(21)31)33-27(32-23)20-9-7-6-8-10-20/h6-10,16,19,21-22,25-26H,4-5,11-15,17-18,31H2,1-3H3,(H,34,38)/t21?,22?,25?,26-/m0/s1. The Bertz CT molecular complexity index is 1240. The first kappa shape index (κ1) is 28.8. The first-order valence-electron chi connectivity index (χ1n) is 14.7. The summed E-state index contributed by atoms with van der Waals surface area (Å²) in [5.74, 6) is 1.35. The second-order valence-electron chi connectivity index (χ2n) is 11.6. The fourth-order valence-corrected chi connectivity index (χ4v) is 5.62. The van der Waals surface area contributed by atoms with Gasteiger partial charge in [0.25, 0.3) is 5.91 Å². The lowest BCUT2D eigenvalue weighted by Crippen LogP contribution is -2.57. The summed E-state index contributed by atoms with van der Waals surface area (Å²) in [7, 11) is 0. The van der Waals surface area contributed by atoms with Crippen LogP contribution in [0.2, 0.25) is 0 Å². The highest BCUT2D eigenvalue weighted by Gasteiger charge is 2.54. The van der Waals surface area contributed by atoms with Gasteiger partial charge in [0.05, 0.1) is 6.61 Å². The van der Waals surface area contributed by atoms with E-state index in [0.717, 1.165) is 31.5 Å². The third-order valence-electron chi connectivity index (χ3n) is 8.35. The Morgan fingerprint density at radius 1 is 1.02 bits per heavy atom. The number of benzene rings is 1. The molecule has 11 nitrogen and oxygen atoms in total. The van der Waals surface area contributed by atoms with Crippen LogP contribution in [-0.4, -0.2) is 95.6 Å². The minimum absolute atomic E-state index is 0.148. The molecule has 1 aliphatic carbocycles. The number of anilines is 1. The van der Waals surface area contributed by atoms with Crippen LogP contribution in [-0.2, 0) is 9.53 Å². The van der Waals surface area contributed by atoms with Gasteiger partial charge in [-0.3, -0.25) is 9.59 Å². The van der Waals surface area contributed by atoms with Crippen LogP contribution in [0.15, 0.2) is 36.4 Å². The summed E-state index contributed by atoms with van der Waals surface area (Å²) in [5, 5.41) is 2.96. The molecule has 1 aromatic carbocycles. The van der Waals surface area contributed by atoms with Crippen LogP contribution in [0.3, 0.4) is 0 Å². The third-order valence-corrected chi connectivity index (χ3v) is 8.35. The highest BCUT2D eigenvalue weighted by Crippen LogP contribution is 2.45. The van der Waals surface area contributed by atoms with Gasteiger partial charge in [-0.2, -0.15) is 0 Å². The zero-order valence-electron chi connectivity index (χ0n) is 24.2. The number of piperidine rings is 1. The zero-order chi connectivity index (χ0) is 29.1. The van der Waals surface area contributed by atoms with Crippen molar-refractivity contribution in [3.63, 3.8) is 0 Å². The van der Waals surface area contributed by atoms with E-state index in [2.05, 4.69) is 15.2 Å². The molecule has 220 valence electrons. The van der Waals surface area contributed by atoms with Crippen LogP contribution < -0.4 is 16.0 Å².